The molecule has 0 unspecified atom stereocenters. The molecule has 0 fully saturated rings. The Morgan fingerprint density at radius 3 is 3.00 bits per heavy atom. The van der Waals surface area contributed by atoms with Crippen molar-refractivity contribution >= 4 is 16.9 Å². The van der Waals surface area contributed by atoms with E-state index in [-0.39, 0.29) is 0 Å². The molecule has 4 nitrogen and oxygen atoms in total. The van der Waals surface area contributed by atoms with Crippen LogP contribution in [0.1, 0.15) is 29.4 Å². The fraction of sp³-hybridized carbons (Fsp3) is 0.273. The van der Waals surface area contributed by atoms with Crippen molar-refractivity contribution in [2.75, 3.05) is 0 Å². The second-order valence-electron chi connectivity index (χ2n) is 3.49. The SMILES string of the molecule is CCCc1n[nH]c2ccc(C(=O)O)cc12. The second kappa shape index (κ2) is 3.73. The van der Waals surface area contributed by atoms with Crippen LogP contribution in [0.15, 0.2) is 18.2 Å². The lowest BCUT2D eigenvalue weighted by Gasteiger charge is -1.96. The average Bonchev–Trinajstić information content (AvgIpc) is 2.61. The number of hydrogen-bond acceptors (Lipinski definition) is 2. The number of carbonyl (C=O) groups is 1. The molecule has 0 radical (unpaired) electrons. The normalized spacial score (nSPS) is 10.7. The summed E-state index contributed by atoms with van der Waals surface area (Å²) in [4.78, 5) is 10.8. The van der Waals surface area contributed by atoms with Crippen molar-refractivity contribution in [1.82, 2.24) is 10.2 Å². The summed E-state index contributed by atoms with van der Waals surface area (Å²) < 4.78 is 0. The van der Waals surface area contributed by atoms with Gasteiger partial charge in [0.15, 0.2) is 0 Å². The van der Waals surface area contributed by atoms with E-state index >= 15 is 0 Å². The van der Waals surface area contributed by atoms with Crippen molar-refractivity contribution in [2.45, 2.75) is 19.8 Å². The third kappa shape index (κ3) is 1.70. The highest BCUT2D eigenvalue weighted by atomic mass is 16.4. The molecular formula is C11H12N2O2. The van der Waals surface area contributed by atoms with Gasteiger partial charge in [0.1, 0.15) is 0 Å². The van der Waals surface area contributed by atoms with E-state index in [2.05, 4.69) is 17.1 Å². The zero-order valence-electron chi connectivity index (χ0n) is 8.45. The smallest absolute Gasteiger partial charge is 0.335 e. The van der Waals surface area contributed by atoms with Gasteiger partial charge < -0.3 is 5.11 Å². The first-order valence-corrected chi connectivity index (χ1v) is 4.92. The molecule has 2 aromatic rings. The highest BCUT2D eigenvalue weighted by molar-refractivity contribution is 5.94. The third-order valence-corrected chi connectivity index (χ3v) is 2.38. The van der Waals surface area contributed by atoms with Crippen molar-refractivity contribution in [3.63, 3.8) is 0 Å². The molecule has 0 saturated carbocycles. The van der Waals surface area contributed by atoms with Gasteiger partial charge >= 0.3 is 5.97 Å². The molecule has 78 valence electrons. The highest BCUT2D eigenvalue weighted by Gasteiger charge is 2.08. The number of carboxylic acids is 1. The first kappa shape index (κ1) is 9.71. The van der Waals surface area contributed by atoms with Crippen LogP contribution in [-0.2, 0) is 6.42 Å². The summed E-state index contributed by atoms with van der Waals surface area (Å²) in [6, 6.07) is 5.01. The van der Waals surface area contributed by atoms with Gasteiger partial charge in [-0.2, -0.15) is 5.10 Å². The highest BCUT2D eigenvalue weighted by Crippen LogP contribution is 2.18. The summed E-state index contributed by atoms with van der Waals surface area (Å²) in [5.74, 6) is -0.902. The van der Waals surface area contributed by atoms with Gasteiger partial charge in [-0.05, 0) is 24.6 Å². The van der Waals surface area contributed by atoms with Crippen molar-refractivity contribution in [3.05, 3.63) is 29.5 Å². The Bertz CT molecular complexity index is 502. The molecule has 1 heterocycles. The Morgan fingerprint density at radius 1 is 1.53 bits per heavy atom. The van der Waals surface area contributed by atoms with Gasteiger partial charge in [0.05, 0.1) is 16.8 Å². The maximum Gasteiger partial charge on any atom is 0.335 e. The van der Waals surface area contributed by atoms with Crippen molar-refractivity contribution in [3.8, 4) is 0 Å². The Balaban J connectivity index is 2.56. The predicted molar refractivity (Wildman–Crippen MR) is 57.0 cm³/mol. The van der Waals surface area contributed by atoms with Crippen LogP contribution in [0, 0.1) is 0 Å². The second-order valence-corrected chi connectivity index (χ2v) is 3.49. The predicted octanol–water partition coefficient (Wildman–Crippen LogP) is 2.21. The molecule has 0 amide bonds. The maximum absolute atomic E-state index is 10.8. The minimum Gasteiger partial charge on any atom is -0.478 e. The quantitative estimate of drug-likeness (QED) is 0.805. The summed E-state index contributed by atoms with van der Waals surface area (Å²) >= 11 is 0. The lowest BCUT2D eigenvalue weighted by molar-refractivity contribution is 0.0697. The largest absolute Gasteiger partial charge is 0.478 e. The standard InChI is InChI=1S/C11H12N2O2/c1-2-3-9-8-6-7(11(14)15)4-5-10(8)13-12-9/h4-6H,2-3H2,1H3,(H,12,13)(H,14,15). The van der Waals surface area contributed by atoms with Gasteiger partial charge in [-0.3, -0.25) is 5.10 Å². The van der Waals surface area contributed by atoms with Crippen LogP contribution >= 0.6 is 0 Å². The van der Waals surface area contributed by atoms with Crippen molar-refractivity contribution < 1.29 is 9.90 Å². The molecule has 1 aromatic heterocycles. The summed E-state index contributed by atoms with van der Waals surface area (Å²) in [7, 11) is 0. The summed E-state index contributed by atoms with van der Waals surface area (Å²) in [5.41, 5.74) is 2.14. The topological polar surface area (TPSA) is 66.0 Å². The average molecular weight is 204 g/mol. The van der Waals surface area contributed by atoms with Crippen molar-refractivity contribution in [1.29, 1.82) is 0 Å². The van der Waals surface area contributed by atoms with Gasteiger partial charge in [0.2, 0.25) is 0 Å². The number of nitrogens with zero attached hydrogens (tertiary/aromatic N) is 1. The first-order chi connectivity index (χ1) is 7.22. The number of aryl methyl sites for hydroxylation is 1. The Morgan fingerprint density at radius 2 is 2.33 bits per heavy atom. The van der Waals surface area contributed by atoms with Crippen LogP contribution in [0.4, 0.5) is 0 Å². The number of aromatic carboxylic acids is 1. The van der Waals surface area contributed by atoms with E-state index in [1.807, 2.05) is 0 Å². The fourth-order valence-corrected chi connectivity index (χ4v) is 1.63. The van der Waals surface area contributed by atoms with E-state index in [9.17, 15) is 4.79 Å². The lowest BCUT2D eigenvalue weighted by atomic mass is 10.1. The molecular weight excluding hydrogens is 192 g/mol. The van der Waals surface area contributed by atoms with Gasteiger partial charge in [0, 0.05) is 5.39 Å². The van der Waals surface area contributed by atoms with Gasteiger partial charge in [-0.25, -0.2) is 4.79 Å². The van der Waals surface area contributed by atoms with Gasteiger partial charge in [-0.1, -0.05) is 13.3 Å². The third-order valence-electron chi connectivity index (χ3n) is 2.38. The van der Waals surface area contributed by atoms with E-state index in [0.29, 0.717) is 5.56 Å². The number of aromatic nitrogens is 2. The van der Waals surface area contributed by atoms with Crippen LogP contribution in [0.2, 0.25) is 0 Å². The number of fused-ring (bicyclic) bond motifs is 1. The lowest BCUT2D eigenvalue weighted by Crippen LogP contribution is -1.95. The molecule has 0 aliphatic heterocycles. The summed E-state index contributed by atoms with van der Waals surface area (Å²) in [6.45, 7) is 2.07. The molecule has 0 aliphatic rings. The molecule has 4 heteroatoms. The van der Waals surface area contributed by atoms with Crippen molar-refractivity contribution in [2.24, 2.45) is 0 Å². The molecule has 0 aliphatic carbocycles. The Kier molecular flexibility index (Phi) is 2.41. The zero-order valence-corrected chi connectivity index (χ0v) is 8.45. The van der Waals surface area contributed by atoms with Gasteiger partial charge in [-0.15, -0.1) is 0 Å². The number of benzene rings is 1. The van der Waals surface area contributed by atoms with Crippen LogP contribution in [0.5, 0.6) is 0 Å². The van der Waals surface area contributed by atoms with Gasteiger partial charge in [0.25, 0.3) is 0 Å². The maximum atomic E-state index is 10.8. The minimum absolute atomic E-state index is 0.307. The molecule has 1 aromatic carbocycles. The van der Waals surface area contributed by atoms with E-state index in [0.717, 1.165) is 29.4 Å². The summed E-state index contributed by atoms with van der Waals surface area (Å²) in [5, 5.41) is 16.8. The monoisotopic (exact) mass is 204 g/mol. The van der Waals surface area contributed by atoms with E-state index in [4.69, 9.17) is 5.11 Å². The first-order valence-electron chi connectivity index (χ1n) is 4.92. The zero-order chi connectivity index (χ0) is 10.8. The van der Waals surface area contributed by atoms with Crippen LogP contribution in [0.3, 0.4) is 0 Å². The van der Waals surface area contributed by atoms with Crippen LogP contribution < -0.4 is 0 Å². The molecule has 15 heavy (non-hydrogen) atoms. The molecule has 2 N–H and O–H groups in total. The number of aromatic amines is 1. The molecule has 0 bridgehead atoms. The van der Waals surface area contributed by atoms with E-state index < -0.39 is 5.97 Å². The van der Waals surface area contributed by atoms with Crippen LogP contribution in [-0.4, -0.2) is 21.3 Å². The number of hydrogen-bond donors (Lipinski definition) is 2. The Hall–Kier alpha value is -1.84. The molecule has 2 rings (SSSR count). The fourth-order valence-electron chi connectivity index (χ4n) is 1.63. The van der Waals surface area contributed by atoms with E-state index in [1.165, 1.54) is 0 Å². The minimum atomic E-state index is -0.902. The Labute approximate surface area is 86.9 Å². The number of carboxylic acid groups (broad SMARTS) is 1. The summed E-state index contributed by atoms with van der Waals surface area (Å²) in [6.07, 6.45) is 1.86. The molecule has 0 saturated heterocycles. The molecule has 0 spiro atoms. The van der Waals surface area contributed by atoms with Crippen LogP contribution in [0.25, 0.3) is 10.9 Å². The number of rotatable bonds is 3. The number of H-pyrrole nitrogens is 1. The number of nitrogens with one attached hydrogen (secondary N) is 1. The van der Waals surface area contributed by atoms with E-state index in [1.54, 1.807) is 18.2 Å². The molecule has 0 atom stereocenters.